The first-order chi connectivity index (χ1) is 17.0. The summed E-state index contributed by atoms with van der Waals surface area (Å²) in [6, 6.07) is 0.642. The van der Waals surface area contributed by atoms with Crippen molar-refractivity contribution in [3.8, 4) is 0 Å². The third-order valence-electron chi connectivity index (χ3n) is 8.56. The molecular weight excluding hydrogens is 480 g/mol. The van der Waals surface area contributed by atoms with Gasteiger partial charge in [0.15, 0.2) is 0 Å². The van der Waals surface area contributed by atoms with Gasteiger partial charge in [0, 0.05) is 59.5 Å². The van der Waals surface area contributed by atoms with Crippen LogP contribution in [0.2, 0.25) is 0 Å². The maximum atomic E-state index is 13.3. The maximum Gasteiger partial charge on any atom is 0.248 e. The number of likely N-dealkylation sites (N-methyl/N-ethyl adjacent to an activating group) is 1. The summed E-state index contributed by atoms with van der Waals surface area (Å²) in [7, 11) is -0.419. The molecule has 9 nitrogen and oxygen atoms in total. The third kappa shape index (κ3) is 5.89. The molecule has 36 heavy (non-hydrogen) atoms. The van der Waals surface area contributed by atoms with Gasteiger partial charge in [-0.25, -0.2) is 12.7 Å². The highest BCUT2D eigenvalue weighted by Gasteiger charge is 2.39. The number of carbonyl (C=O) groups excluding carboxylic acids is 1. The molecule has 4 aliphatic heterocycles. The lowest BCUT2D eigenvalue weighted by atomic mass is 9.83. The molecule has 5 aliphatic rings. The summed E-state index contributed by atoms with van der Waals surface area (Å²) in [4.78, 5) is 19.7. The smallest absolute Gasteiger partial charge is 0.248 e. The largest absolute Gasteiger partial charge is 0.370 e. The number of rotatable bonds is 9. The number of carbonyl (C=O) groups is 1. The Hall–Kier alpha value is -1.30. The van der Waals surface area contributed by atoms with Crippen LogP contribution in [0.3, 0.4) is 0 Å². The van der Waals surface area contributed by atoms with Crippen LogP contribution in [-0.2, 0) is 24.3 Å². The van der Waals surface area contributed by atoms with Gasteiger partial charge in [0.2, 0.25) is 15.9 Å². The molecule has 0 unspecified atom stereocenters. The first kappa shape index (κ1) is 27.7. The number of hydrogen-bond acceptors (Lipinski definition) is 7. The number of sulfonamides is 1. The molecule has 204 valence electrons. The van der Waals surface area contributed by atoms with Crippen LogP contribution in [0, 0.1) is 5.92 Å². The second kappa shape index (κ2) is 11.2. The molecule has 1 aliphatic carbocycles. The van der Waals surface area contributed by atoms with Crippen molar-refractivity contribution in [2.75, 3.05) is 79.7 Å². The number of methoxy groups -OCH3 is 1. The predicted octanol–water partition coefficient (Wildman–Crippen LogP) is 1.18. The summed E-state index contributed by atoms with van der Waals surface area (Å²) in [5, 5.41) is -0.708. The second-order valence-corrected chi connectivity index (χ2v) is 13.2. The first-order valence-electron chi connectivity index (χ1n) is 13.2. The topological polar surface area (TPSA) is 82.6 Å². The van der Waals surface area contributed by atoms with E-state index < -0.39 is 20.9 Å². The minimum Gasteiger partial charge on any atom is -0.370 e. The SMILES string of the molecule is COC1(C)C=C(C)C(S(=O)(=O)N(C)CCOCC(=O)N2CCN([C@H]3CN4CCC3CC4)CC2)C(C)=C1. The quantitative estimate of drug-likeness (QED) is 0.331. The van der Waals surface area contributed by atoms with Crippen LogP contribution < -0.4 is 0 Å². The average Bonchev–Trinajstić information content (AvgIpc) is 2.86. The molecule has 0 aromatic rings. The number of amides is 1. The maximum absolute atomic E-state index is 13.3. The van der Waals surface area contributed by atoms with Gasteiger partial charge < -0.3 is 19.3 Å². The number of ether oxygens (including phenoxy) is 2. The van der Waals surface area contributed by atoms with E-state index in [0.29, 0.717) is 6.04 Å². The van der Waals surface area contributed by atoms with Crippen LogP contribution in [0.15, 0.2) is 23.3 Å². The Morgan fingerprint density at radius 1 is 1.08 bits per heavy atom. The first-order valence-corrected chi connectivity index (χ1v) is 14.8. The fourth-order valence-corrected chi connectivity index (χ4v) is 8.21. The Labute approximate surface area is 217 Å². The van der Waals surface area contributed by atoms with E-state index in [4.69, 9.17) is 9.47 Å². The molecule has 4 saturated heterocycles. The highest BCUT2D eigenvalue weighted by atomic mass is 32.2. The molecule has 0 aromatic heterocycles. The average molecular weight is 525 g/mol. The van der Waals surface area contributed by atoms with Crippen molar-refractivity contribution < 1.29 is 22.7 Å². The Bertz CT molecular complexity index is 945. The molecule has 0 radical (unpaired) electrons. The van der Waals surface area contributed by atoms with E-state index >= 15 is 0 Å². The molecule has 0 aromatic carbocycles. The van der Waals surface area contributed by atoms with Crippen molar-refractivity contribution in [3.05, 3.63) is 23.3 Å². The summed E-state index contributed by atoms with van der Waals surface area (Å²) in [6.07, 6.45) is 6.34. The lowest BCUT2D eigenvalue weighted by Crippen LogP contribution is -2.61. The van der Waals surface area contributed by atoms with Crippen molar-refractivity contribution in [1.29, 1.82) is 0 Å². The summed E-state index contributed by atoms with van der Waals surface area (Å²) >= 11 is 0. The van der Waals surface area contributed by atoms with Gasteiger partial charge in [0.25, 0.3) is 0 Å². The normalized spacial score (nSPS) is 33.6. The van der Waals surface area contributed by atoms with Gasteiger partial charge in [-0.15, -0.1) is 0 Å². The fourth-order valence-electron chi connectivity index (χ4n) is 6.45. The summed E-state index contributed by atoms with van der Waals surface area (Å²) in [5.74, 6) is 0.795. The number of piperidine rings is 3. The monoisotopic (exact) mass is 524 g/mol. The van der Waals surface area contributed by atoms with Crippen molar-refractivity contribution in [2.24, 2.45) is 5.92 Å². The minimum atomic E-state index is -3.60. The highest BCUT2D eigenvalue weighted by molar-refractivity contribution is 7.90. The van der Waals surface area contributed by atoms with Crippen molar-refractivity contribution in [3.63, 3.8) is 0 Å². The summed E-state index contributed by atoms with van der Waals surface area (Å²) in [6.45, 7) is 12.9. The molecule has 4 fully saturated rings. The van der Waals surface area contributed by atoms with E-state index in [0.717, 1.165) is 43.2 Å². The molecule has 5 rings (SSSR count). The van der Waals surface area contributed by atoms with Crippen LogP contribution >= 0.6 is 0 Å². The number of nitrogens with zero attached hydrogens (tertiary/aromatic N) is 4. The van der Waals surface area contributed by atoms with Crippen LogP contribution in [-0.4, -0.2) is 130 Å². The number of hydrogen-bond donors (Lipinski definition) is 0. The molecule has 0 saturated carbocycles. The fraction of sp³-hybridized carbons (Fsp3) is 0.808. The zero-order chi connectivity index (χ0) is 26.1. The van der Waals surface area contributed by atoms with E-state index in [9.17, 15) is 13.2 Å². The Morgan fingerprint density at radius 3 is 2.22 bits per heavy atom. The van der Waals surface area contributed by atoms with Crippen LogP contribution in [0.4, 0.5) is 0 Å². The van der Waals surface area contributed by atoms with Gasteiger partial charge in [-0.3, -0.25) is 9.69 Å². The number of fused-ring (bicyclic) bond motifs is 3. The molecule has 4 heterocycles. The van der Waals surface area contributed by atoms with Gasteiger partial charge >= 0.3 is 0 Å². The minimum absolute atomic E-state index is 0.0127. The van der Waals surface area contributed by atoms with Crippen LogP contribution in [0.25, 0.3) is 0 Å². The second-order valence-electron chi connectivity index (χ2n) is 11.1. The molecule has 10 heteroatoms. The predicted molar refractivity (Wildman–Crippen MR) is 140 cm³/mol. The zero-order valence-corrected chi connectivity index (χ0v) is 23.4. The van der Waals surface area contributed by atoms with E-state index in [2.05, 4.69) is 9.80 Å². The Kier molecular flexibility index (Phi) is 8.63. The molecule has 2 bridgehead atoms. The lowest BCUT2D eigenvalue weighted by molar-refractivity contribution is -0.139. The van der Waals surface area contributed by atoms with Gasteiger partial charge in [-0.05, 0) is 64.8 Å². The Balaban J connectivity index is 1.19. The van der Waals surface area contributed by atoms with Crippen LogP contribution in [0.5, 0.6) is 0 Å². The summed E-state index contributed by atoms with van der Waals surface area (Å²) < 4.78 is 39.0. The summed E-state index contributed by atoms with van der Waals surface area (Å²) in [5.41, 5.74) is 0.904. The zero-order valence-electron chi connectivity index (χ0n) is 22.6. The molecule has 1 atom stereocenters. The Morgan fingerprint density at radius 2 is 1.69 bits per heavy atom. The molecule has 0 spiro atoms. The van der Waals surface area contributed by atoms with Gasteiger partial charge in [0.05, 0.1) is 6.61 Å². The van der Waals surface area contributed by atoms with Crippen LogP contribution in [0.1, 0.15) is 33.6 Å². The molecular formula is C26H44N4O5S. The lowest BCUT2D eigenvalue weighted by Gasteiger charge is -2.51. The standard InChI is InChI=1S/C26H44N4O5S/c1-20-16-26(3,34-5)17-21(2)25(20)36(32,33)27(4)14-15-35-19-24(31)30-12-10-29(11-13-30)23-18-28-8-6-22(23)7-9-28/h16-17,22-23,25H,6-15,18-19H2,1-5H3/t23-,25?,26?/m0/s1. The highest BCUT2D eigenvalue weighted by Crippen LogP contribution is 2.33. The van der Waals surface area contributed by atoms with Crippen molar-refractivity contribution in [2.45, 2.75) is 50.5 Å². The molecule has 1 amide bonds. The van der Waals surface area contributed by atoms with E-state index in [1.807, 2.05) is 37.8 Å². The molecule has 0 N–H and O–H groups in total. The van der Waals surface area contributed by atoms with Gasteiger partial charge in [-0.1, -0.05) is 11.1 Å². The van der Waals surface area contributed by atoms with E-state index in [-0.39, 0.29) is 25.7 Å². The van der Waals surface area contributed by atoms with Gasteiger partial charge in [-0.2, -0.15) is 0 Å². The van der Waals surface area contributed by atoms with Crippen molar-refractivity contribution >= 4 is 15.9 Å². The van der Waals surface area contributed by atoms with E-state index in [1.165, 1.54) is 36.8 Å². The van der Waals surface area contributed by atoms with Gasteiger partial charge in [0.1, 0.15) is 17.5 Å². The third-order valence-corrected chi connectivity index (χ3v) is 11.0. The van der Waals surface area contributed by atoms with Crippen molar-refractivity contribution in [1.82, 2.24) is 19.0 Å². The van der Waals surface area contributed by atoms with E-state index in [1.54, 1.807) is 14.2 Å². The number of piperazine rings is 1.